The molecule has 5 aromatic rings. The lowest BCUT2D eigenvalue weighted by Crippen LogP contribution is -2.50. The van der Waals surface area contributed by atoms with Gasteiger partial charge in [0.2, 0.25) is 0 Å². The molecule has 4 unspecified atom stereocenters. The predicted molar refractivity (Wildman–Crippen MR) is 192 cm³/mol. The van der Waals surface area contributed by atoms with Gasteiger partial charge in [-0.05, 0) is 41.0 Å². The summed E-state index contributed by atoms with van der Waals surface area (Å²) in [7, 11) is -3.97. The molecular formula is C40H41N3O7S. The number of nitrogens with zero attached hydrogens (tertiary/aromatic N) is 2. The maximum absolute atomic E-state index is 13.7. The first kappa shape index (κ1) is 33.9. The third-order valence-corrected chi connectivity index (χ3v) is 11.5. The Balaban J connectivity index is 1.12. The average Bonchev–Trinajstić information content (AvgIpc) is 3.63. The summed E-state index contributed by atoms with van der Waals surface area (Å²) >= 11 is 0. The second-order valence-electron chi connectivity index (χ2n) is 13.4. The predicted octanol–water partition coefficient (Wildman–Crippen LogP) is 6.31. The van der Waals surface area contributed by atoms with E-state index in [1.165, 1.54) is 0 Å². The summed E-state index contributed by atoms with van der Waals surface area (Å²) in [5.74, 6) is -0.640. The normalized spacial score (nSPS) is 23.8. The lowest BCUT2D eigenvalue weighted by molar-refractivity contribution is -0.265. The van der Waals surface area contributed by atoms with Gasteiger partial charge in [-0.15, -0.1) is 0 Å². The second kappa shape index (κ2) is 14.4. The molecule has 4 heterocycles. The molecule has 11 heteroatoms. The van der Waals surface area contributed by atoms with E-state index in [9.17, 15) is 13.5 Å². The molecule has 1 spiro atoms. The molecule has 8 rings (SSSR count). The molecule has 3 saturated heterocycles. The highest BCUT2D eigenvalue weighted by Crippen LogP contribution is 2.47. The van der Waals surface area contributed by atoms with Gasteiger partial charge >= 0.3 is 0 Å². The molecule has 4 aromatic carbocycles. The number of hydrogen-bond acceptors (Lipinski definition) is 9. The van der Waals surface area contributed by atoms with Crippen molar-refractivity contribution in [1.29, 1.82) is 0 Å². The highest BCUT2D eigenvalue weighted by molar-refractivity contribution is 7.93. The Labute approximate surface area is 298 Å². The fourth-order valence-electron chi connectivity index (χ4n) is 7.53. The summed E-state index contributed by atoms with van der Waals surface area (Å²) in [5.41, 5.74) is 4.35. The fraction of sp³-hybridized carbons (Fsp3) is 0.325. The largest absolute Gasteiger partial charge is 0.392 e. The third kappa shape index (κ3) is 7.16. The molecule has 0 amide bonds. The van der Waals surface area contributed by atoms with Gasteiger partial charge < -0.3 is 29.0 Å². The standard InChI is InChI=1S/C40H41N3O7S/c44-27-28-14-16-31(17-15-28)38-36(29-7-2-1-3-8-29)34(26-43-21-18-40(19-22-43)47-23-24-48-40)49-39(50-38)32-10-4-12-33(25-32)42-51(45,46)35-13-5-9-30-11-6-20-41-37(30)35/h1-17,20,25,34,36,38-39,42,44H,18-19,21-24,26-27H2. The molecule has 264 valence electrons. The Morgan fingerprint density at radius 3 is 2.29 bits per heavy atom. The van der Waals surface area contributed by atoms with E-state index < -0.39 is 28.2 Å². The minimum Gasteiger partial charge on any atom is -0.392 e. The SMILES string of the molecule is O=S(=O)(Nc1cccc(C2OC(CN3CCC4(CC3)OCCO4)C(c3ccccc3)C(c3ccc(CO)cc3)O2)c1)c1cccc2cccnc12. The molecule has 4 atom stereocenters. The molecule has 3 fully saturated rings. The van der Waals surface area contributed by atoms with E-state index in [0.717, 1.165) is 48.0 Å². The summed E-state index contributed by atoms with van der Waals surface area (Å²) < 4.78 is 56.0. The maximum atomic E-state index is 13.7. The van der Waals surface area contributed by atoms with Gasteiger partial charge in [0.25, 0.3) is 10.0 Å². The number of nitrogens with one attached hydrogen (secondary N) is 1. The number of para-hydroxylation sites is 1. The maximum Gasteiger partial charge on any atom is 0.264 e. The van der Waals surface area contributed by atoms with Gasteiger partial charge in [0, 0.05) is 61.2 Å². The van der Waals surface area contributed by atoms with Gasteiger partial charge in [-0.25, -0.2) is 8.42 Å². The van der Waals surface area contributed by atoms with Crippen LogP contribution in [0.5, 0.6) is 0 Å². The van der Waals surface area contributed by atoms with Crippen molar-refractivity contribution >= 4 is 26.6 Å². The van der Waals surface area contributed by atoms with Crippen molar-refractivity contribution in [2.45, 2.75) is 54.5 Å². The van der Waals surface area contributed by atoms with Gasteiger partial charge in [0.15, 0.2) is 12.1 Å². The van der Waals surface area contributed by atoms with Crippen molar-refractivity contribution in [3.05, 3.63) is 138 Å². The van der Waals surface area contributed by atoms with Crippen LogP contribution in [0.4, 0.5) is 5.69 Å². The van der Waals surface area contributed by atoms with E-state index >= 15 is 0 Å². The van der Waals surface area contributed by atoms with E-state index in [0.29, 0.717) is 36.5 Å². The number of sulfonamides is 1. The molecular weight excluding hydrogens is 667 g/mol. The molecule has 0 saturated carbocycles. The highest BCUT2D eigenvalue weighted by atomic mass is 32.2. The molecule has 1 aromatic heterocycles. The van der Waals surface area contributed by atoms with Crippen LogP contribution in [0.15, 0.2) is 120 Å². The molecule has 3 aliphatic heterocycles. The van der Waals surface area contributed by atoms with Crippen LogP contribution < -0.4 is 4.72 Å². The first-order valence-corrected chi connectivity index (χ1v) is 18.9. The quantitative estimate of drug-likeness (QED) is 0.182. The number of aromatic nitrogens is 1. The molecule has 0 aliphatic carbocycles. The highest BCUT2D eigenvalue weighted by Gasteiger charge is 2.45. The molecule has 3 aliphatic rings. The minimum absolute atomic E-state index is 0.0519. The first-order valence-electron chi connectivity index (χ1n) is 17.4. The number of hydrogen-bond donors (Lipinski definition) is 2. The summed E-state index contributed by atoms with van der Waals surface area (Å²) in [6, 6.07) is 34.1. The van der Waals surface area contributed by atoms with Crippen LogP contribution in [0, 0.1) is 0 Å². The van der Waals surface area contributed by atoms with Crippen molar-refractivity contribution < 1.29 is 32.5 Å². The zero-order chi connectivity index (χ0) is 34.8. The number of rotatable bonds is 9. The van der Waals surface area contributed by atoms with Crippen LogP contribution in [-0.2, 0) is 35.6 Å². The van der Waals surface area contributed by atoms with Crippen LogP contribution in [0.3, 0.4) is 0 Å². The Hall–Kier alpha value is -4.20. The zero-order valence-corrected chi connectivity index (χ0v) is 29.0. The van der Waals surface area contributed by atoms with Gasteiger partial charge in [0.05, 0.1) is 37.5 Å². The van der Waals surface area contributed by atoms with E-state index in [1.807, 2.05) is 60.7 Å². The van der Waals surface area contributed by atoms with E-state index in [-0.39, 0.29) is 23.5 Å². The van der Waals surface area contributed by atoms with Crippen LogP contribution >= 0.6 is 0 Å². The van der Waals surface area contributed by atoms with Crippen molar-refractivity contribution in [1.82, 2.24) is 9.88 Å². The lowest BCUT2D eigenvalue weighted by Gasteiger charge is -2.46. The molecule has 0 bridgehead atoms. The number of aliphatic hydroxyl groups excluding tert-OH is 1. The Morgan fingerprint density at radius 2 is 1.53 bits per heavy atom. The molecule has 51 heavy (non-hydrogen) atoms. The summed E-state index contributed by atoms with van der Waals surface area (Å²) in [4.78, 5) is 6.86. The number of pyridine rings is 1. The Morgan fingerprint density at radius 1 is 0.804 bits per heavy atom. The van der Waals surface area contributed by atoms with Gasteiger partial charge in [-0.1, -0.05) is 84.9 Å². The summed E-state index contributed by atoms with van der Waals surface area (Å²) in [6.07, 6.45) is 1.69. The Bertz CT molecular complexity index is 2060. The molecule has 0 radical (unpaired) electrons. The third-order valence-electron chi connectivity index (χ3n) is 10.1. The average molecular weight is 708 g/mol. The number of ether oxygens (including phenoxy) is 4. The van der Waals surface area contributed by atoms with Crippen LogP contribution in [-0.4, -0.2) is 68.1 Å². The van der Waals surface area contributed by atoms with Crippen molar-refractivity contribution in [2.24, 2.45) is 0 Å². The van der Waals surface area contributed by atoms with Crippen LogP contribution in [0.1, 0.15) is 53.4 Å². The monoisotopic (exact) mass is 707 g/mol. The molecule has 2 N–H and O–H groups in total. The zero-order valence-electron chi connectivity index (χ0n) is 28.1. The van der Waals surface area contributed by atoms with Crippen molar-refractivity contribution in [2.75, 3.05) is 37.6 Å². The van der Waals surface area contributed by atoms with Gasteiger partial charge in [-0.3, -0.25) is 9.71 Å². The second-order valence-corrected chi connectivity index (χ2v) is 15.0. The summed E-state index contributed by atoms with van der Waals surface area (Å²) in [6.45, 7) is 3.48. The number of anilines is 1. The van der Waals surface area contributed by atoms with Crippen LogP contribution in [0.25, 0.3) is 10.9 Å². The smallest absolute Gasteiger partial charge is 0.264 e. The molecule has 10 nitrogen and oxygen atoms in total. The van der Waals surface area contributed by atoms with E-state index in [2.05, 4.69) is 26.7 Å². The number of benzene rings is 4. The summed E-state index contributed by atoms with van der Waals surface area (Å²) in [5, 5.41) is 10.5. The van der Waals surface area contributed by atoms with E-state index in [4.69, 9.17) is 18.9 Å². The fourth-order valence-corrected chi connectivity index (χ4v) is 8.76. The van der Waals surface area contributed by atoms with Crippen LogP contribution in [0.2, 0.25) is 0 Å². The van der Waals surface area contributed by atoms with Gasteiger partial charge in [-0.2, -0.15) is 0 Å². The first-order chi connectivity index (χ1) is 24.9. The van der Waals surface area contributed by atoms with E-state index in [1.54, 1.807) is 42.6 Å². The number of piperidine rings is 1. The number of aliphatic hydroxyl groups is 1. The van der Waals surface area contributed by atoms with Crippen molar-refractivity contribution in [3.8, 4) is 0 Å². The number of likely N-dealkylation sites (tertiary alicyclic amines) is 1. The Kier molecular flexibility index (Phi) is 9.60. The lowest BCUT2D eigenvalue weighted by atomic mass is 9.83. The van der Waals surface area contributed by atoms with Gasteiger partial charge in [0.1, 0.15) is 4.90 Å². The minimum atomic E-state index is -3.97. The number of fused-ring (bicyclic) bond motifs is 1. The van der Waals surface area contributed by atoms with Crippen molar-refractivity contribution in [3.63, 3.8) is 0 Å². The topological polar surface area (TPSA) is 119 Å².